The number of nitrogens with two attached hydrogens (primary N) is 1. The van der Waals surface area contributed by atoms with Crippen LogP contribution in [0.15, 0.2) is 18.2 Å². The number of rotatable bonds is 4. The summed E-state index contributed by atoms with van der Waals surface area (Å²) in [7, 11) is 1.99. The van der Waals surface area contributed by atoms with E-state index in [9.17, 15) is 4.79 Å². The Morgan fingerprint density at radius 3 is 2.83 bits per heavy atom. The zero-order valence-corrected chi connectivity index (χ0v) is 11.2. The van der Waals surface area contributed by atoms with Gasteiger partial charge in [0.2, 0.25) is 5.91 Å². The molecule has 0 radical (unpaired) electrons. The molecule has 0 heterocycles. The van der Waals surface area contributed by atoms with Gasteiger partial charge < -0.3 is 11.1 Å². The van der Waals surface area contributed by atoms with Crippen LogP contribution in [0.25, 0.3) is 0 Å². The molecule has 1 aromatic carbocycles. The molecule has 1 aliphatic carbocycles. The van der Waals surface area contributed by atoms with Crippen LogP contribution in [-0.2, 0) is 4.79 Å². The Bertz CT molecular complexity index is 446. The van der Waals surface area contributed by atoms with E-state index in [1.165, 1.54) is 19.3 Å². The summed E-state index contributed by atoms with van der Waals surface area (Å²) in [6, 6.07) is 5.66. The minimum Gasteiger partial charge on any atom is -0.397 e. The van der Waals surface area contributed by atoms with Crippen LogP contribution >= 0.6 is 11.6 Å². The van der Waals surface area contributed by atoms with Gasteiger partial charge in [0.25, 0.3) is 0 Å². The van der Waals surface area contributed by atoms with Gasteiger partial charge in [-0.15, -0.1) is 0 Å². The van der Waals surface area contributed by atoms with E-state index in [0.717, 1.165) is 0 Å². The van der Waals surface area contributed by atoms with Crippen molar-refractivity contribution < 1.29 is 4.79 Å². The fourth-order valence-corrected chi connectivity index (χ4v) is 2.12. The molecule has 0 unspecified atom stereocenters. The normalized spacial score (nSPS) is 15.5. The van der Waals surface area contributed by atoms with Crippen molar-refractivity contribution in [2.24, 2.45) is 0 Å². The Morgan fingerprint density at radius 1 is 1.56 bits per heavy atom. The number of hydrogen-bond acceptors (Lipinski definition) is 3. The molecule has 18 heavy (non-hydrogen) atoms. The third-order valence-corrected chi connectivity index (χ3v) is 3.72. The summed E-state index contributed by atoms with van der Waals surface area (Å²) in [5.74, 6) is -0.0221. The molecule has 2 rings (SSSR count). The van der Waals surface area contributed by atoms with Crippen molar-refractivity contribution in [3.05, 3.63) is 23.2 Å². The molecule has 1 amide bonds. The van der Waals surface area contributed by atoms with Crippen LogP contribution in [0.1, 0.15) is 19.3 Å². The van der Waals surface area contributed by atoms with Crippen molar-refractivity contribution in [3.8, 4) is 0 Å². The van der Waals surface area contributed by atoms with Gasteiger partial charge in [-0.2, -0.15) is 0 Å². The Hall–Kier alpha value is -1.26. The van der Waals surface area contributed by atoms with Crippen LogP contribution in [0, 0.1) is 0 Å². The average molecular weight is 268 g/mol. The highest BCUT2D eigenvalue weighted by molar-refractivity contribution is 6.33. The van der Waals surface area contributed by atoms with Gasteiger partial charge in [0.05, 0.1) is 17.3 Å². The standard InChI is InChI=1S/C13H18ClN3O/c1-17(10-3-2-4-10)8-13(18)16-9-5-6-11(14)12(15)7-9/h5-7,10H,2-4,8,15H2,1H3,(H,16,18). The number of amides is 1. The number of halogens is 1. The third kappa shape index (κ3) is 3.15. The lowest BCUT2D eigenvalue weighted by Gasteiger charge is -2.34. The number of carbonyl (C=O) groups is 1. The molecule has 1 aliphatic rings. The number of anilines is 2. The fraction of sp³-hybridized carbons (Fsp3) is 0.462. The Morgan fingerprint density at radius 2 is 2.28 bits per heavy atom. The highest BCUT2D eigenvalue weighted by Crippen LogP contribution is 2.24. The molecule has 1 aromatic rings. The first-order valence-electron chi connectivity index (χ1n) is 6.11. The molecule has 1 fully saturated rings. The van der Waals surface area contributed by atoms with Gasteiger partial charge in [-0.05, 0) is 38.1 Å². The Kier molecular flexibility index (Phi) is 4.09. The summed E-state index contributed by atoms with van der Waals surface area (Å²) in [4.78, 5) is 13.9. The van der Waals surface area contributed by atoms with Crippen molar-refractivity contribution in [3.63, 3.8) is 0 Å². The largest absolute Gasteiger partial charge is 0.397 e. The Labute approximate surface area is 112 Å². The van der Waals surface area contributed by atoms with Gasteiger partial charge in [-0.3, -0.25) is 9.69 Å². The number of benzene rings is 1. The average Bonchev–Trinajstić information content (AvgIpc) is 2.20. The molecule has 1 saturated carbocycles. The minimum atomic E-state index is -0.0221. The second kappa shape index (κ2) is 5.59. The maximum Gasteiger partial charge on any atom is 0.238 e. The molecule has 0 spiro atoms. The van der Waals surface area contributed by atoms with Gasteiger partial charge in [-0.25, -0.2) is 0 Å². The van der Waals surface area contributed by atoms with E-state index in [2.05, 4.69) is 10.2 Å². The summed E-state index contributed by atoms with van der Waals surface area (Å²) in [5.41, 5.74) is 6.84. The lowest BCUT2D eigenvalue weighted by atomic mass is 9.92. The number of carbonyl (C=O) groups excluding carboxylic acids is 1. The number of likely N-dealkylation sites (N-methyl/N-ethyl adjacent to an activating group) is 1. The predicted octanol–water partition coefficient (Wildman–Crippen LogP) is 2.34. The highest BCUT2D eigenvalue weighted by atomic mass is 35.5. The van der Waals surface area contributed by atoms with Crippen LogP contribution in [0.4, 0.5) is 11.4 Å². The lowest BCUT2D eigenvalue weighted by Crippen LogP contribution is -2.41. The summed E-state index contributed by atoms with van der Waals surface area (Å²) in [5, 5.41) is 3.32. The summed E-state index contributed by atoms with van der Waals surface area (Å²) in [6.45, 7) is 0.410. The molecule has 0 aromatic heterocycles. The summed E-state index contributed by atoms with van der Waals surface area (Å²) in [6.07, 6.45) is 3.65. The van der Waals surface area contributed by atoms with Crippen LogP contribution in [0.3, 0.4) is 0 Å². The molecule has 3 N–H and O–H groups in total. The first-order valence-corrected chi connectivity index (χ1v) is 6.49. The van der Waals surface area contributed by atoms with E-state index < -0.39 is 0 Å². The quantitative estimate of drug-likeness (QED) is 0.824. The molecule has 4 nitrogen and oxygen atoms in total. The molecule has 0 aliphatic heterocycles. The molecule has 98 valence electrons. The number of nitrogens with zero attached hydrogens (tertiary/aromatic N) is 1. The number of hydrogen-bond donors (Lipinski definition) is 2. The minimum absolute atomic E-state index is 0.0221. The maximum absolute atomic E-state index is 11.8. The molecular formula is C13H18ClN3O. The topological polar surface area (TPSA) is 58.4 Å². The van der Waals surface area contributed by atoms with Gasteiger partial charge in [-0.1, -0.05) is 18.0 Å². The van der Waals surface area contributed by atoms with Crippen LogP contribution in [0.5, 0.6) is 0 Å². The van der Waals surface area contributed by atoms with Crippen LogP contribution in [0.2, 0.25) is 5.02 Å². The van der Waals surface area contributed by atoms with E-state index in [0.29, 0.717) is 29.0 Å². The first kappa shape index (κ1) is 13.2. The van der Waals surface area contributed by atoms with Gasteiger partial charge in [0, 0.05) is 11.7 Å². The van der Waals surface area contributed by atoms with E-state index in [-0.39, 0.29) is 5.91 Å². The molecule has 0 atom stereocenters. The van der Waals surface area contributed by atoms with Gasteiger partial charge in [0.15, 0.2) is 0 Å². The maximum atomic E-state index is 11.8. The fourth-order valence-electron chi connectivity index (χ4n) is 2.01. The van der Waals surface area contributed by atoms with E-state index in [1.807, 2.05) is 7.05 Å². The van der Waals surface area contributed by atoms with Crippen molar-refractivity contribution >= 4 is 28.9 Å². The molecule has 0 bridgehead atoms. The van der Waals surface area contributed by atoms with E-state index >= 15 is 0 Å². The third-order valence-electron chi connectivity index (χ3n) is 3.37. The Balaban J connectivity index is 1.88. The molecule has 5 heteroatoms. The highest BCUT2D eigenvalue weighted by Gasteiger charge is 2.23. The van der Waals surface area contributed by atoms with Gasteiger partial charge in [0.1, 0.15) is 0 Å². The van der Waals surface area contributed by atoms with Crippen molar-refractivity contribution in [2.75, 3.05) is 24.6 Å². The lowest BCUT2D eigenvalue weighted by molar-refractivity contribution is -0.117. The smallest absolute Gasteiger partial charge is 0.238 e. The second-order valence-corrected chi connectivity index (χ2v) is 5.19. The van der Waals surface area contributed by atoms with Crippen molar-refractivity contribution in [1.82, 2.24) is 4.90 Å². The van der Waals surface area contributed by atoms with Crippen molar-refractivity contribution in [1.29, 1.82) is 0 Å². The zero-order valence-electron chi connectivity index (χ0n) is 10.4. The molecular weight excluding hydrogens is 250 g/mol. The van der Waals surface area contributed by atoms with Crippen LogP contribution < -0.4 is 11.1 Å². The van der Waals surface area contributed by atoms with Crippen molar-refractivity contribution in [2.45, 2.75) is 25.3 Å². The SMILES string of the molecule is CN(CC(=O)Nc1ccc(Cl)c(N)c1)C1CCC1. The first-order chi connectivity index (χ1) is 8.56. The summed E-state index contributed by atoms with van der Waals surface area (Å²) < 4.78 is 0. The number of nitrogens with one attached hydrogen (secondary N) is 1. The number of nitrogen functional groups attached to an aromatic ring is 1. The predicted molar refractivity (Wildman–Crippen MR) is 74.8 cm³/mol. The summed E-state index contributed by atoms with van der Waals surface area (Å²) >= 11 is 5.82. The zero-order chi connectivity index (χ0) is 13.1. The molecule has 0 saturated heterocycles. The van der Waals surface area contributed by atoms with E-state index in [1.54, 1.807) is 18.2 Å². The van der Waals surface area contributed by atoms with E-state index in [4.69, 9.17) is 17.3 Å². The second-order valence-electron chi connectivity index (χ2n) is 4.78. The van der Waals surface area contributed by atoms with Gasteiger partial charge >= 0.3 is 0 Å². The monoisotopic (exact) mass is 267 g/mol. The van der Waals surface area contributed by atoms with Crippen LogP contribution in [-0.4, -0.2) is 30.4 Å².